The van der Waals surface area contributed by atoms with Gasteiger partial charge in [-0.05, 0) is 18.5 Å². The van der Waals surface area contributed by atoms with Crippen molar-refractivity contribution >= 4 is 17.2 Å². The van der Waals surface area contributed by atoms with Crippen molar-refractivity contribution < 1.29 is 0 Å². The van der Waals surface area contributed by atoms with Crippen LogP contribution >= 0.6 is 11.3 Å². The summed E-state index contributed by atoms with van der Waals surface area (Å²) in [7, 11) is 2.08. The molecule has 0 saturated heterocycles. The van der Waals surface area contributed by atoms with Gasteiger partial charge < -0.3 is 5.73 Å². The summed E-state index contributed by atoms with van der Waals surface area (Å²) in [5, 5.41) is 8.89. The van der Waals surface area contributed by atoms with E-state index in [1.54, 1.807) is 11.3 Å². The average molecular weight is 222 g/mol. The summed E-state index contributed by atoms with van der Waals surface area (Å²) < 4.78 is 0. The molecule has 3 N–H and O–H groups in total. The second kappa shape index (κ2) is 4.46. The molecule has 15 heavy (non-hydrogen) atoms. The van der Waals surface area contributed by atoms with Crippen molar-refractivity contribution in [1.29, 1.82) is 0 Å². The van der Waals surface area contributed by atoms with Crippen molar-refractivity contribution in [3.05, 3.63) is 34.2 Å². The molecule has 0 bridgehead atoms. The zero-order valence-electron chi connectivity index (χ0n) is 8.60. The Kier molecular flexibility index (Phi) is 3.03. The predicted octanol–water partition coefficient (Wildman–Crippen LogP) is 1.69. The number of H-pyrrole nitrogens is 1. The standard InChI is InChI=1S/C10H14N4S/c1-14(7-9-3-2-4-15-9)6-8-5-10(11)13-12-8/h2-5H,6-7H2,1H3,(H3,11,12,13). The predicted molar refractivity (Wildman–Crippen MR) is 62.5 cm³/mol. The number of hydrogen-bond acceptors (Lipinski definition) is 4. The van der Waals surface area contributed by atoms with Crippen LogP contribution in [0.5, 0.6) is 0 Å². The summed E-state index contributed by atoms with van der Waals surface area (Å²) in [6.07, 6.45) is 0. The zero-order chi connectivity index (χ0) is 10.7. The van der Waals surface area contributed by atoms with Crippen molar-refractivity contribution in [2.45, 2.75) is 13.1 Å². The Labute approximate surface area is 92.7 Å². The Morgan fingerprint density at radius 1 is 1.53 bits per heavy atom. The monoisotopic (exact) mass is 222 g/mol. The van der Waals surface area contributed by atoms with Crippen LogP contribution in [0.4, 0.5) is 5.82 Å². The number of aromatic amines is 1. The maximum absolute atomic E-state index is 5.53. The van der Waals surface area contributed by atoms with Gasteiger partial charge in [0, 0.05) is 24.0 Å². The van der Waals surface area contributed by atoms with Crippen molar-refractivity contribution in [1.82, 2.24) is 15.1 Å². The molecular weight excluding hydrogens is 208 g/mol. The van der Waals surface area contributed by atoms with Gasteiger partial charge in [-0.25, -0.2) is 0 Å². The molecule has 0 saturated carbocycles. The molecule has 0 aliphatic rings. The number of aromatic nitrogens is 2. The fourth-order valence-electron chi connectivity index (χ4n) is 1.48. The van der Waals surface area contributed by atoms with Crippen LogP contribution in [0.3, 0.4) is 0 Å². The van der Waals surface area contributed by atoms with Crippen LogP contribution in [0.2, 0.25) is 0 Å². The fourth-order valence-corrected chi connectivity index (χ4v) is 2.26. The summed E-state index contributed by atoms with van der Waals surface area (Å²) in [6, 6.07) is 6.08. The van der Waals surface area contributed by atoms with Crippen LogP contribution in [0.25, 0.3) is 0 Å². The number of rotatable bonds is 4. The highest BCUT2D eigenvalue weighted by molar-refractivity contribution is 7.09. The Hall–Kier alpha value is -1.33. The van der Waals surface area contributed by atoms with Gasteiger partial charge in [0.15, 0.2) is 0 Å². The number of nitrogen functional groups attached to an aromatic ring is 1. The lowest BCUT2D eigenvalue weighted by atomic mass is 10.3. The second-order valence-electron chi connectivity index (χ2n) is 3.57. The normalized spacial score (nSPS) is 11.1. The molecular formula is C10H14N4S. The average Bonchev–Trinajstić information content (AvgIpc) is 2.77. The fraction of sp³-hybridized carbons (Fsp3) is 0.300. The molecule has 0 unspecified atom stereocenters. The highest BCUT2D eigenvalue weighted by Crippen LogP contribution is 2.12. The van der Waals surface area contributed by atoms with Gasteiger partial charge in [0.1, 0.15) is 5.82 Å². The van der Waals surface area contributed by atoms with Crippen LogP contribution in [0, 0.1) is 0 Å². The first kappa shape index (κ1) is 10.2. The summed E-state index contributed by atoms with van der Waals surface area (Å²) >= 11 is 1.77. The van der Waals surface area contributed by atoms with Crippen LogP contribution in [0.15, 0.2) is 23.6 Å². The lowest BCUT2D eigenvalue weighted by molar-refractivity contribution is 0.318. The second-order valence-corrected chi connectivity index (χ2v) is 4.60. The lowest BCUT2D eigenvalue weighted by Gasteiger charge is -2.13. The minimum atomic E-state index is 0.550. The van der Waals surface area contributed by atoms with Gasteiger partial charge in [0.2, 0.25) is 0 Å². The van der Waals surface area contributed by atoms with E-state index in [1.807, 2.05) is 6.07 Å². The van der Waals surface area contributed by atoms with E-state index in [0.717, 1.165) is 18.8 Å². The number of anilines is 1. The molecule has 2 heterocycles. The largest absolute Gasteiger partial charge is 0.382 e. The highest BCUT2D eigenvalue weighted by atomic mass is 32.1. The Morgan fingerprint density at radius 2 is 2.40 bits per heavy atom. The van der Waals surface area contributed by atoms with Gasteiger partial charge in [-0.15, -0.1) is 11.3 Å². The van der Waals surface area contributed by atoms with Gasteiger partial charge in [0.05, 0.1) is 5.69 Å². The van der Waals surface area contributed by atoms with E-state index in [1.165, 1.54) is 4.88 Å². The molecule has 2 rings (SSSR count). The topological polar surface area (TPSA) is 57.9 Å². The van der Waals surface area contributed by atoms with Crippen molar-refractivity contribution in [2.24, 2.45) is 0 Å². The Morgan fingerprint density at radius 3 is 3.00 bits per heavy atom. The summed E-state index contributed by atoms with van der Waals surface area (Å²) in [6.45, 7) is 1.79. The summed E-state index contributed by atoms with van der Waals surface area (Å²) in [5.74, 6) is 0.550. The first-order valence-electron chi connectivity index (χ1n) is 4.75. The number of nitrogens with one attached hydrogen (secondary N) is 1. The number of nitrogens with two attached hydrogens (primary N) is 1. The van der Waals surface area contributed by atoms with Gasteiger partial charge in [-0.2, -0.15) is 5.10 Å². The molecule has 0 aliphatic carbocycles. The van der Waals surface area contributed by atoms with Crippen LogP contribution < -0.4 is 5.73 Å². The molecule has 4 nitrogen and oxygen atoms in total. The molecule has 0 atom stereocenters. The van der Waals surface area contributed by atoms with Crippen LogP contribution in [-0.2, 0) is 13.1 Å². The molecule has 0 aromatic carbocycles. The third kappa shape index (κ3) is 2.81. The first-order valence-corrected chi connectivity index (χ1v) is 5.62. The molecule has 0 radical (unpaired) electrons. The minimum Gasteiger partial charge on any atom is -0.382 e. The van der Waals surface area contributed by atoms with E-state index in [4.69, 9.17) is 5.73 Å². The van der Waals surface area contributed by atoms with Gasteiger partial charge in [-0.1, -0.05) is 6.07 Å². The number of thiophene rings is 1. The zero-order valence-corrected chi connectivity index (χ0v) is 9.42. The van der Waals surface area contributed by atoms with E-state index in [9.17, 15) is 0 Å². The summed E-state index contributed by atoms with van der Waals surface area (Å²) in [4.78, 5) is 3.59. The third-order valence-electron chi connectivity index (χ3n) is 2.10. The van der Waals surface area contributed by atoms with Crippen LogP contribution in [-0.4, -0.2) is 22.1 Å². The van der Waals surface area contributed by atoms with E-state index in [0.29, 0.717) is 5.82 Å². The number of nitrogens with zero attached hydrogens (tertiary/aromatic N) is 2. The molecule has 80 valence electrons. The molecule has 5 heteroatoms. The Bertz CT molecular complexity index is 407. The highest BCUT2D eigenvalue weighted by Gasteiger charge is 2.04. The molecule has 0 aliphatic heterocycles. The minimum absolute atomic E-state index is 0.550. The van der Waals surface area contributed by atoms with Crippen molar-refractivity contribution in [2.75, 3.05) is 12.8 Å². The maximum Gasteiger partial charge on any atom is 0.145 e. The van der Waals surface area contributed by atoms with Crippen molar-refractivity contribution in [3.8, 4) is 0 Å². The van der Waals surface area contributed by atoms with Crippen molar-refractivity contribution in [3.63, 3.8) is 0 Å². The van der Waals surface area contributed by atoms with Gasteiger partial charge in [0.25, 0.3) is 0 Å². The van der Waals surface area contributed by atoms with Crippen LogP contribution in [0.1, 0.15) is 10.6 Å². The molecule has 0 spiro atoms. The molecule has 0 fully saturated rings. The lowest BCUT2D eigenvalue weighted by Crippen LogP contribution is -2.16. The molecule has 2 aromatic rings. The summed E-state index contributed by atoms with van der Waals surface area (Å²) in [5.41, 5.74) is 6.58. The van der Waals surface area contributed by atoms with E-state index in [-0.39, 0.29) is 0 Å². The van der Waals surface area contributed by atoms with Gasteiger partial charge >= 0.3 is 0 Å². The third-order valence-corrected chi connectivity index (χ3v) is 2.96. The van der Waals surface area contributed by atoms with E-state index >= 15 is 0 Å². The molecule has 0 amide bonds. The van der Waals surface area contributed by atoms with Gasteiger partial charge in [-0.3, -0.25) is 10.00 Å². The number of hydrogen-bond donors (Lipinski definition) is 2. The molecule has 2 aromatic heterocycles. The first-order chi connectivity index (χ1) is 7.24. The smallest absolute Gasteiger partial charge is 0.145 e. The van der Waals surface area contributed by atoms with E-state index < -0.39 is 0 Å². The SMILES string of the molecule is CN(Cc1cc(N)n[nH]1)Cc1cccs1. The maximum atomic E-state index is 5.53. The quantitative estimate of drug-likeness (QED) is 0.827. The Balaban J connectivity index is 1.90. The van der Waals surface area contributed by atoms with E-state index in [2.05, 4.69) is 39.7 Å².